The second-order valence-corrected chi connectivity index (χ2v) is 6.58. The number of carbonyl (C=O) groups is 1. The third-order valence-electron chi connectivity index (χ3n) is 3.09. The van der Waals surface area contributed by atoms with Gasteiger partial charge in [-0.15, -0.1) is 0 Å². The van der Waals surface area contributed by atoms with Gasteiger partial charge in [-0.05, 0) is 29.8 Å². The molecule has 2 aromatic rings. The molecule has 0 saturated heterocycles. The Labute approximate surface area is 148 Å². The van der Waals surface area contributed by atoms with E-state index in [0.29, 0.717) is 11.6 Å². The van der Waals surface area contributed by atoms with Crippen LogP contribution in [0.5, 0.6) is 0 Å². The van der Waals surface area contributed by atoms with Crippen molar-refractivity contribution in [1.29, 1.82) is 0 Å². The Morgan fingerprint density at radius 3 is 2.46 bits per heavy atom. The second kappa shape index (κ2) is 8.17. The number of carbonyl (C=O) groups excluding carboxylic acids is 1. The fourth-order valence-corrected chi connectivity index (χ4v) is 2.67. The Kier molecular flexibility index (Phi) is 5.97. The quantitative estimate of drug-likeness (QED) is 0.474. The first-order valence-electron chi connectivity index (χ1n) is 7.19. The molecule has 0 unspecified atom stereocenters. The summed E-state index contributed by atoms with van der Waals surface area (Å²) in [5, 5.41) is 11.7. The molecule has 0 heterocycles. The van der Waals surface area contributed by atoms with Crippen LogP contribution in [0.25, 0.3) is 12.2 Å². The summed E-state index contributed by atoms with van der Waals surface area (Å²) in [5.74, 6) is -1.80. The molecule has 26 heavy (non-hydrogen) atoms. The molecule has 0 atom stereocenters. The monoisotopic (exact) mass is 376 g/mol. The van der Waals surface area contributed by atoms with Crippen molar-refractivity contribution in [3.05, 3.63) is 87.1 Å². The maximum Gasteiger partial charge on any atom is 0.279 e. The topological polar surface area (TPSA) is 106 Å². The van der Waals surface area contributed by atoms with Gasteiger partial charge in [0.25, 0.3) is 21.6 Å². The molecule has 0 aliphatic carbocycles. The van der Waals surface area contributed by atoms with Crippen molar-refractivity contribution in [1.82, 2.24) is 4.72 Å². The molecule has 0 saturated carbocycles. The van der Waals surface area contributed by atoms with Gasteiger partial charge in [0.1, 0.15) is 5.82 Å². The standard InChI is InChI=1S/C17H13FN2O5S/c18-15-8-6-14(16(12-15)20(22)23)7-9-17(21)19-26(24,25)11-10-13-4-2-1-3-5-13/h1-12H,(H,19,21)/b9-7+,11-10-. The normalized spacial score (nSPS) is 11.7. The minimum Gasteiger partial charge on any atom is -0.269 e. The highest BCUT2D eigenvalue weighted by Gasteiger charge is 2.14. The van der Waals surface area contributed by atoms with Crippen molar-refractivity contribution < 1.29 is 22.5 Å². The Morgan fingerprint density at radius 1 is 1.12 bits per heavy atom. The van der Waals surface area contributed by atoms with Gasteiger partial charge in [-0.25, -0.2) is 17.5 Å². The summed E-state index contributed by atoms with van der Waals surface area (Å²) in [6, 6.07) is 11.4. The fraction of sp³-hybridized carbons (Fsp3) is 0. The summed E-state index contributed by atoms with van der Waals surface area (Å²) in [4.78, 5) is 21.8. The van der Waals surface area contributed by atoms with Gasteiger partial charge in [0, 0.05) is 6.08 Å². The van der Waals surface area contributed by atoms with Gasteiger partial charge in [-0.1, -0.05) is 30.3 Å². The predicted octanol–water partition coefficient (Wildman–Crippen LogP) is 2.86. The maximum atomic E-state index is 13.1. The molecule has 0 bridgehead atoms. The molecule has 0 aliphatic heterocycles. The van der Waals surface area contributed by atoms with E-state index in [1.165, 1.54) is 6.08 Å². The Hall–Kier alpha value is -3.33. The maximum absolute atomic E-state index is 13.1. The average Bonchev–Trinajstić information content (AvgIpc) is 2.59. The van der Waals surface area contributed by atoms with Crippen LogP contribution in [0.3, 0.4) is 0 Å². The van der Waals surface area contributed by atoms with Gasteiger partial charge < -0.3 is 0 Å². The van der Waals surface area contributed by atoms with E-state index in [0.717, 1.165) is 29.7 Å². The number of sulfonamides is 1. The number of rotatable bonds is 6. The number of nitro benzene ring substituents is 1. The summed E-state index contributed by atoms with van der Waals surface area (Å²) in [6.07, 6.45) is 3.15. The third-order valence-corrected chi connectivity index (χ3v) is 4.07. The van der Waals surface area contributed by atoms with Gasteiger partial charge in [0.15, 0.2) is 0 Å². The number of hydrogen-bond acceptors (Lipinski definition) is 5. The third kappa shape index (κ3) is 5.64. The van der Waals surface area contributed by atoms with Gasteiger partial charge in [0.2, 0.25) is 0 Å². The lowest BCUT2D eigenvalue weighted by Gasteiger charge is -2.00. The van der Waals surface area contributed by atoms with E-state index in [-0.39, 0.29) is 5.56 Å². The van der Waals surface area contributed by atoms with Crippen LogP contribution in [-0.2, 0) is 14.8 Å². The number of nitro groups is 1. The highest BCUT2D eigenvalue weighted by Crippen LogP contribution is 2.21. The molecular weight excluding hydrogens is 363 g/mol. The minimum atomic E-state index is -4.04. The van der Waals surface area contributed by atoms with Crippen LogP contribution in [0.2, 0.25) is 0 Å². The second-order valence-electron chi connectivity index (χ2n) is 5.02. The molecule has 0 aliphatic rings. The first kappa shape index (κ1) is 19.0. The molecule has 1 amide bonds. The van der Waals surface area contributed by atoms with E-state index < -0.39 is 32.4 Å². The highest BCUT2D eigenvalue weighted by molar-refractivity contribution is 7.93. The van der Waals surface area contributed by atoms with Gasteiger partial charge in [-0.2, -0.15) is 0 Å². The average molecular weight is 376 g/mol. The number of halogens is 1. The van der Waals surface area contributed by atoms with E-state index in [1.54, 1.807) is 35.1 Å². The number of amides is 1. The molecule has 0 fully saturated rings. The minimum absolute atomic E-state index is 0.0382. The van der Waals surface area contributed by atoms with Gasteiger partial charge >= 0.3 is 0 Å². The van der Waals surface area contributed by atoms with Crippen LogP contribution in [0, 0.1) is 15.9 Å². The van der Waals surface area contributed by atoms with Crippen molar-refractivity contribution in [3.63, 3.8) is 0 Å². The number of benzene rings is 2. The molecule has 0 spiro atoms. The molecule has 2 aromatic carbocycles. The summed E-state index contributed by atoms with van der Waals surface area (Å²) in [6.45, 7) is 0. The number of nitrogens with one attached hydrogen (secondary N) is 1. The smallest absolute Gasteiger partial charge is 0.269 e. The zero-order valence-electron chi connectivity index (χ0n) is 13.2. The Balaban J connectivity index is 2.09. The molecule has 134 valence electrons. The lowest BCUT2D eigenvalue weighted by Crippen LogP contribution is -2.26. The lowest BCUT2D eigenvalue weighted by molar-refractivity contribution is -0.385. The van der Waals surface area contributed by atoms with E-state index in [2.05, 4.69) is 0 Å². The molecule has 0 radical (unpaired) electrons. The van der Waals surface area contributed by atoms with E-state index in [9.17, 15) is 27.7 Å². The first-order chi connectivity index (χ1) is 12.3. The molecule has 7 nitrogen and oxygen atoms in total. The predicted molar refractivity (Wildman–Crippen MR) is 94.6 cm³/mol. The van der Waals surface area contributed by atoms with Crippen molar-refractivity contribution in [2.45, 2.75) is 0 Å². The zero-order chi connectivity index (χ0) is 19.2. The molecule has 0 aromatic heterocycles. The van der Waals surface area contributed by atoms with Crippen LogP contribution in [0.1, 0.15) is 11.1 Å². The summed E-state index contributed by atoms with van der Waals surface area (Å²) in [5.41, 5.74) is 0.0486. The van der Waals surface area contributed by atoms with Crippen molar-refractivity contribution in [3.8, 4) is 0 Å². The van der Waals surface area contributed by atoms with Crippen molar-refractivity contribution in [2.75, 3.05) is 0 Å². The van der Waals surface area contributed by atoms with Gasteiger partial charge in [-0.3, -0.25) is 14.9 Å². The van der Waals surface area contributed by atoms with Crippen molar-refractivity contribution in [2.24, 2.45) is 0 Å². The highest BCUT2D eigenvalue weighted by atomic mass is 32.2. The van der Waals surface area contributed by atoms with E-state index >= 15 is 0 Å². The van der Waals surface area contributed by atoms with Crippen LogP contribution >= 0.6 is 0 Å². The van der Waals surface area contributed by atoms with Crippen LogP contribution in [0.15, 0.2) is 60.0 Å². The molecule has 9 heteroatoms. The van der Waals surface area contributed by atoms with Crippen LogP contribution in [0.4, 0.5) is 10.1 Å². The number of nitrogens with zero attached hydrogens (tertiary/aromatic N) is 1. The van der Waals surface area contributed by atoms with E-state index in [1.807, 2.05) is 0 Å². The summed E-state index contributed by atoms with van der Waals surface area (Å²) < 4.78 is 38.5. The first-order valence-corrected chi connectivity index (χ1v) is 8.73. The van der Waals surface area contributed by atoms with Crippen LogP contribution < -0.4 is 4.72 Å². The largest absolute Gasteiger partial charge is 0.279 e. The molecular formula is C17H13FN2O5S. The zero-order valence-corrected chi connectivity index (χ0v) is 14.0. The molecule has 2 rings (SSSR count). The Bertz CT molecular complexity index is 985. The van der Waals surface area contributed by atoms with E-state index in [4.69, 9.17) is 0 Å². The van der Waals surface area contributed by atoms with Gasteiger partial charge in [0.05, 0.1) is 22.0 Å². The van der Waals surface area contributed by atoms with Crippen molar-refractivity contribution >= 4 is 33.8 Å². The summed E-state index contributed by atoms with van der Waals surface area (Å²) >= 11 is 0. The fourth-order valence-electron chi connectivity index (χ4n) is 1.92. The Morgan fingerprint density at radius 2 is 1.81 bits per heavy atom. The van der Waals surface area contributed by atoms with Crippen LogP contribution in [-0.4, -0.2) is 19.2 Å². The lowest BCUT2D eigenvalue weighted by atomic mass is 10.1. The summed E-state index contributed by atoms with van der Waals surface area (Å²) in [7, 11) is -4.04. The molecule has 1 N–H and O–H groups in total. The number of hydrogen-bond donors (Lipinski definition) is 1. The SMILES string of the molecule is O=C(/C=C/c1ccc(F)cc1[N+](=O)[O-])NS(=O)(=O)/C=C\c1ccccc1.